The van der Waals surface area contributed by atoms with Crippen LogP contribution in [0.3, 0.4) is 0 Å². The lowest BCUT2D eigenvalue weighted by molar-refractivity contribution is -0.241. The number of carbonyl (C=O) groups excluding carboxylic acids is 1. The van der Waals surface area contributed by atoms with Crippen LogP contribution < -0.4 is 9.47 Å². The molecule has 1 aromatic rings. The van der Waals surface area contributed by atoms with Crippen LogP contribution in [0.5, 0.6) is 11.5 Å². The van der Waals surface area contributed by atoms with Crippen molar-refractivity contribution in [3.05, 3.63) is 23.8 Å². The molecule has 5 nitrogen and oxygen atoms in total. The van der Waals surface area contributed by atoms with Gasteiger partial charge in [-0.1, -0.05) is 64.7 Å². The van der Waals surface area contributed by atoms with Crippen molar-refractivity contribution < 1.29 is 24.0 Å². The monoisotopic (exact) mass is 366 g/mol. The molecule has 1 aromatic carbocycles. The molecular weight excluding hydrogens is 332 g/mol. The largest absolute Gasteiger partial charge is 0.497 e. The second-order valence-electron chi connectivity index (χ2n) is 6.44. The van der Waals surface area contributed by atoms with Crippen molar-refractivity contribution in [1.82, 2.24) is 0 Å². The Morgan fingerprint density at radius 1 is 0.846 bits per heavy atom. The third-order valence-electron chi connectivity index (χ3n) is 4.34. The summed E-state index contributed by atoms with van der Waals surface area (Å²) >= 11 is 0. The van der Waals surface area contributed by atoms with E-state index < -0.39 is 5.97 Å². The van der Waals surface area contributed by atoms with E-state index in [0.717, 1.165) is 12.8 Å². The Hall–Kier alpha value is -1.75. The summed E-state index contributed by atoms with van der Waals surface area (Å²) in [6.45, 7) is 2.66. The predicted molar refractivity (Wildman–Crippen MR) is 103 cm³/mol. The van der Waals surface area contributed by atoms with Crippen LogP contribution >= 0.6 is 0 Å². The molecule has 0 fully saturated rings. The first-order valence-electron chi connectivity index (χ1n) is 9.78. The van der Waals surface area contributed by atoms with Gasteiger partial charge in [0.05, 0.1) is 20.8 Å². The zero-order chi connectivity index (χ0) is 19.0. The molecule has 148 valence electrons. The summed E-state index contributed by atoms with van der Waals surface area (Å²) in [6.07, 6.45) is 12.5. The molecule has 0 atom stereocenters. The van der Waals surface area contributed by atoms with Crippen LogP contribution in [0.15, 0.2) is 18.2 Å². The van der Waals surface area contributed by atoms with Crippen molar-refractivity contribution in [2.24, 2.45) is 0 Å². The van der Waals surface area contributed by atoms with Crippen LogP contribution in [0.25, 0.3) is 0 Å². The molecule has 26 heavy (non-hydrogen) atoms. The van der Waals surface area contributed by atoms with Crippen molar-refractivity contribution in [1.29, 1.82) is 0 Å². The molecule has 0 unspecified atom stereocenters. The SMILES string of the molecule is CCCCCCCCCCCCOOC(=O)c1ccc(OC)cc1OC. The lowest BCUT2D eigenvalue weighted by Crippen LogP contribution is -2.08. The highest BCUT2D eigenvalue weighted by molar-refractivity contribution is 5.92. The fraction of sp³-hybridized carbons (Fsp3) is 0.667. The molecule has 0 aromatic heterocycles. The highest BCUT2D eigenvalue weighted by Gasteiger charge is 2.15. The Labute approximate surface area is 157 Å². The van der Waals surface area contributed by atoms with E-state index >= 15 is 0 Å². The molecule has 0 heterocycles. The summed E-state index contributed by atoms with van der Waals surface area (Å²) < 4.78 is 10.3. The molecule has 0 aliphatic carbocycles. The Bertz CT molecular complexity index is 501. The number of unbranched alkanes of at least 4 members (excludes halogenated alkanes) is 9. The molecule has 0 radical (unpaired) electrons. The van der Waals surface area contributed by atoms with Gasteiger partial charge in [0, 0.05) is 6.07 Å². The van der Waals surface area contributed by atoms with E-state index in [0.29, 0.717) is 23.7 Å². The summed E-state index contributed by atoms with van der Waals surface area (Å²) in [5.74, 6) is 0.457. The maximum atomic E-state index is 12.0. The second-order valence-corrected chi connectivity index (χ2v) is 6.44. The van der Waals surface area contributed by atoms with Gasteiger partial charge in [-0.2, -0.15) is 4.89 Å². The van der Waals surface area contributed by atoms with Crippen molar-refractivity contribution in [3.8, 4) is 11.5 Å². The highest BCUT2D eigenvalue weighted by atomic mass is 17.2. The Morgan fingerprint density at radius 3 is 2.04 bits per heavy atom. The van der Waals surface area contributed by atoms with E-state index in [1.54, 1.807) is 25.3 Å². The maximum absolute atomic E-state index is 12.0. The van der Waals surface area contributed by atoms with Gasteiger partial charge in [-0.05, 0) is 18.6 Å². The van der Waals surface area contributed by atoms with Crippen LogP contribution in [-0.2, 0) is 9.78 Å². The number of hydrogen-bond donors (Lipinski definition) is 0. The second kappa shape index (κ2) is 14.4. The van der Waals surface area contributed by atoms with Crippen molar-refractivity contribution in [3.63, 3.8) is 0 Å². The average Bonchev–Trinajstić information content (AvgIpc) is 2.68. The molecule has 0 amide bonds. The van der Waals surface area contributed by atoms with E-state index in [4.69, 9.17) is 19.2 Å². The van der Waals surface area contributed by atoms with Gasteiger partial charge in [0.25, 0.3) is 0 Å². The van der Waals surface area contributed by atoms with Crippen LogP contribution in [0.2, 0.25) is 0 Å². The van der Waals surface area contributed by atoms with Crippen molar-refractivity contribution in [2.75, 3.05) is 20.8 Å². The number of benzene rings is 1. The number of carbonyl (C=O) groups is 1. The van der Waals surface area contributed by atoms with Crippen LogP contribution in [0.1, 0.15) is 81.5 Å². The Morgan fingerprint density at radius 2 is 1.46 bits per heavy atom. The smallest absolute Gasteiger partial charge is 0.376 e. The van der Waals surface area contributed by atoms with Crippen molar-refractivity contribution in [2.45, 2.75) is 71.1 Å². The van der Waals surface area contributed by atoms with E-state index in [-0.39, 0.29) is 0 Å². The number of methoxy groups -OCH3 is 2. The Kier molecular flexibility index (Phi) is 12.4. The van der Waals surface area contributed by atoms with E-state index in [1.807, 2.05) is 0 Å². The van der Waals surface area contributed by atoms with Gasteiger partial charge in [-0.15, -0.1) is 0 Å². The lowest BCUT2D eigenvalue weighted by Gasteiger charge is -2.09. The highest BCUT2D eigenvalue weighted by Crippen LogP contribution is 2.25. The number of ether oxygens (including phenoxy) is 2. The quantitative estimate of drug-likeness (QED) is 0.226. The number of rotatable bonds is 15. The molecule has 1 rings (SSSR count). The van der Waals surface area contributed by atoms with Gasteiger partial charge in [0.1, 0.15) is 17.1 Å². The normalized spacial score (nSPS) is 10.6. The maximum Gasteiger partial charge on any atom is 0.376 e. The van der Waals surface area contributed by atoms with Crippen LogP contribution in [0.4, 0.5) is 0 Å². The van der Waals surface area contributed by atoms with E-state index in [2.05, 4.69) is 6.92 Å². The topological polar surface area (TPSA) is 54.0 Å². The molecule has 0 aliphatic heterocycles. The number of hydrogen-bond acceptors (Lipinski definition) is 5. The van der Waals surface area contributed by atoms with Gasteiger partial charge in [0.2, 0.25) is 0 Å². The third-order valence-corrected chi connectivity index (χ3v) is 4.34. The summed E-state index contributed by atoms with van der Waals surface area (Å²) in [6, 6.07) is 4.92. The minimum absolute atomic E-state index is 0.316. The first-order chi connectivity index (χ1) is 12.7. The zero-order valence-corrected chi connectivity index (χ0v) is 16.6. The fourth-order valence-corrected chi connectivity index (χ4v) is 2.76. The zero-order valence-electron chi connectivity index (χ0n) is 16.6. The summed E-state index contributed by atoms with van der Waals surface area (Å²) in [4.78, 5) is 21.9. The van der Waals surface area contributed by atoms with Gasteiger partial charge in [-0.25, -0.2) is 4.79 Å². The molecule has 0 N–H and O–H groups in total. The third kappa shape index (κ3) is 9.09. The minimum Gasteiger partial charge on any atom is -0.497 e. The molecule has 5 heteroatoms. The molecule has 0 spiro atoms. The van der Waals surface area contributed by atoms with E-state index in [9.17, 15) is 4.79 Å². The Balaban J connectivity index is 2.08. The average molecular weight is 366 g/mol. The van der Waals surface area contributed by atoms with Gasteiger partial charge in [0.15, 0.2) is 0 Å². The fourth-order valence-electron chi connectivity index (χ4n) is 2.76. The van der Waals surface area contributed by atoms with Gasteiger partial charge >= 0.3 is 5.97 Å². The molecule has 0 saturated heterocycles. The standard InChI is InChI=1S/C21H34O5/c1-4-5-6-7-8-9-10-11-12-13-16-25-26-21(22)19-15-14-18(23-2)17-20(19)24-3/h14-15,17H,4-13,16H2,1-3H3. The predicted octanol–water partition coefficient (Wildman–Crippen LogP) is 5.71. The van der Waals surface area contributed by atoms with Crippen LogP contribution in [0, 0.1) is 0 Å². The molecular formula is C21H34O5. The van der Waals surface area contributed by atoms with E-state index in [1.165, 1.54) is 58.5 Å². The first-order valence-corrected chi connectivity index (χ1v) is 9.78. The van der Waals surface area contributed by atoms with Crippen LogP contribution in [-0.4, -0.2) is 26.8 Å². The van der Waals surface area contributed by atoms with Gasteiger partial charge < -0.3 is 9.47 Å². The molecule has 0 bridgehead atoms. The minimum atomic E-state index is -0.559. The summed E-state index contributed by atoms with van der Waals surface area (Å²) in [5, 5.41) is 0. The molecule has 0 saturated carbocycles. The first kappa shape index (κ1) is 22.3. The lowest BCUT2D eigenvalue weighted by atomic mass is 10.1. The summed E-state index contributed by atoms with van der Waals surface area (Å²) in [7, 11) is 3.05. The molecule has 0 aliphatic rings. The van der Waals surface area contributed by atoms with Crippen molar-refractivity contribution >= 4 is 5.97 Å². The van der Waals surface area contributed by atoms with Gasteiger partial charge in [-0.3, -0.25) is 4.89 Å². The summed E-state index contributed by atoms with van der Waals surface area (Å²) in [5.41, 5.74) is 0.316.